The van der Waals surface area contributed by atoms with Crippen LogP contribution in [0.4, 0.5) is 26.3 Å². The van der Waals surface area contributed by atoms with Crippen molar-refractivity contribution in [3.63, 3.8) is 0 Å². The molecule has 11 heteroatoms. The molecule has 0 amide bonds. The second-order valence-electron chi connectivity index (χ2n) is 5.25. The van der Waals surface area contributed by atoms with Crippen molar-refractivity contribution in [2.24, 2.45) is 0 Å². The van der Waals surface area contributed by atoms with Gasteiger partial charge in [-0.1, -0.05) is 0 Å². The van der Waals surface area contributed by atoms with Crippen LogP contribution in [-0.4, -0.2) is 38.9 Å². The monoisotopic (exact) mass is 376 g/mol. The van der Waals surface area contributed by atoms with E-state index in [9.17, 15) is 34.8 Å². The molecule has 0 bridgehead atoms. The molecule has 1 aromatic rings. The molecule has 1 saturated heterocycles. The second kappa shape index (κ2) is 6.52. The van der Waals surface area contributed by atoms with Crippen LogP contribution >= 0.6 is 0 Å². The highest BCUT2D eigenvalue weighted by molar-refractivity contribution is 7.89. The van der Waals surface area contributed by atoms with Gasteiger partial charge in [-0.25, -0.2) is 8.42 Å². The minimum Gasteiger partial charge on any atom is -0.315 e. The van der Waals surface area contributed by atoms with Crippen LogP contribution in [-0.2, 0) is 22.4 Å². The van der Waals surface area contributed by atoms with Crippen LogP contribution in [0.1, 0.15) is 17.5 Å². The average Bonchev–Trinajstić information content (AvgIpc) is 2.74. The first kappa shape index (κ1) is 19.0. The molecular weight excluding hydrogens is 362 g/mol. The van der Waals surface area contributed by atoms with Crippen LogP contribution in [0.25, 0.3) is 0 Å². The Morgan fingerprint density at radius 1 is 0.875 bits per heavy atom. The molecule has 136 valence electrons. The number of sulfonamides is 1. The molecule has 24 heavy (non-hydrogen) atoms. The molecule has 0 aromatic heterocycles. The van der Waals surface area contributed by atoms with Gasteiger partial charge in [0.25, 0.3) is 0 Å². The van der Waals surface area contributed by atoms with Gasteiger partial charge in [-0.15, -0.1) is 0 Å². The van der Waals surface area contributed by atoms with E-state index in [1.54, 1.807) is 0 Å². The van der Waals surface area contributed by atoms with Gasteiger partial charge in [0.2, 0.25) is 10.0 Å². The molecule has 1 aliphatic heterocycles. The van der Waals surface area contributed by atoms with Crippen LogP contribution in [0.3, 0.4) is 0 Å². The predicted molar refractivity (Wildman–Crippen MR) is 72.7 cm³/mol. The van der Waals surface area contributed by atoms with Gasteiger partial charge in [0.05, 0.1) is 16.0 Å². The third-order valence-corrected chi connectivity index (χ3v) is 5.37. The lowest BCUT2D eigenvalue weighted by molar-refractivity contribution is -0.143. The summed E-state index contributed by atoms with van der Waals surface area (Å²) in [6.45, 7) is 0.777. The van der Waals surface area contributed by atoms with Crippen LogP contribution in [0.5, 0.6) is 0 Å². The van der Waals surface area contributed by atoms with Gasteiger partial charge in [0, 0.05) is 19.6 Å². The van der Waals surface area contributed by atoms with Gasteiger partial charge in [-0.3, -0.25) is 0 Å². The largest absolute Gasteiger partial charge is 0.416 e. The molecule has 4 nitrogen and oxygen atoms in total. The first-order valence-corrected chi connectivity index (χ1v) is 8.37. The van der Waals surface area contributed by atoms with Crippen molar-refractivity contribution in [1.82, 2.24) is 9.62 Å². The summed E-state index contributed by atoms with van der Waals surface area (Å²) >= 11 is 0. The van der Waals surface area contributed by atoms with Crippen molar-refractivity contribution >= 4 is 10.0 Å². The summed E-state index contributed by atoms with van der Waals surface area (Å²) < 4.78 is 103. The molecule has 1 heterocycles. The first-order valence-electron chi connectivity index (χ1n) is 6.93. The maximum absolute atomic E-state index is 12.8. The number of alkyl halides is 6. The Balaban J connectivity index is 2.55. The maximum Gasteiger partial charge on any atom is 0.416 e. The van der Waals surface area contributed by atoms with E-state index in [1.807, 2.05) is 0 Å². The summed E-state index contributed by atoms with van der Waals surface area (Å²) in [5, 5.41) is 2.91. The standard InChI is InChI=1S/C13H14F6N2O2S/c14-12(15,16)9-6-10(13(17,18)19)8-11(7-9)24(22,23)21-4-1-2-20-3-5-21/h6-8,20H,1-5H2. The van der Waals surface area contributed by atoms with E-state index in [1.165, 1.54) is 0 Å². The normalized spacial score (nSPS) is 18.4. The van der Waals surface area contributed by atoms with Crippen molar-refractivity contribution in [3.05, 3.63) is 29.3 Å². The van der Waals surface area contributed by atoms with E-state index < -0.39 is 38.4 Å². The smallest absolute Gasteiger partial charge is 0.315 e. The number of halogens is 6. The summed E-state index contributed by atoms with van der Waals surface area (Å²) in [4.78, 5) is -1.01. The van der Waals surface area contributed by atoms with Crippen LogP contribution in [0, 0.1) is 0 Å². The summed E-state index contributed by atoms with van der Waals surface area (Å²) in [6, 6.07) is 0.384. The van der Waals surface area contributed by atoms with E-state index in [0.717, 1.165) is 4.31 Å². The van der Waals surface area contributed by atoms with Crippen molar-refractivity contribution in [1.29, 1.82) is 0 Å². The molecule has 0 unspecified atom stereocenters. The van der Waals surface area contributed by atoms with Gasteiger partial charge in [-0.05, 0) is 31.2 Å². The van der Waals surface area contributed by atoms with Crippen LogP contribution in [0.2, 0.25) is 0 Å². The molecule has 0 atom stereocenters. The zero-order valence-electron chi connectivity index (χ0n) is 12.2. The maximum atomic E-state index is 12.8. The number of benzene rings is 1. The molecule has 0 radical (unpaired) electrons. The Kier molecular flexibility index (Phi) is 5.17. The fourth-order valence-corrected chi connectivity index (χ4v) is 3.84. The molecule has 1 N–H and O–H groups in total. The number of hydrogen-bond acceptors (Lipinski definition) is 3. The van der Waals surface area contributed by atoms with E-state index in [2.05, 4.69) is 5.32 Å². The van der Waals surface area contributed by atoms with Gasteiger partial charge < -0.3 is 5.32 Å². The lowest BCUT2D eigenvalue weighted by Crippen LogP contribution is -2.34. The minimum absolute atomic E-state index is 0.0208. The van der Waals surface area contributed by atoms with Gasteiger partial charge in [0.15, 0.2) is 0 Å². The van der Waals surface area contributed by atoms with Crippen molar-refractivity contribution in [3.8, 4) is 0 Å². The molecule has 1 aliphatic rings. The predicted octanol–water partition coefficient (Wildman–Crippen LogP) is 2.71. The second-order valence-corrected chi connectivity index (χ2v) is 7.19. The van der Waals surface area contributed by atoms with Crippen LogP contribution in [0.15, 0.2) is 23.1 Å². The van der Waals surface area contributed by atoms with E-state index >= 15 is 0 Å². The SMILES string of the molecule is O=S(=O)(c1cc(C(F)(F)F)cc(C(F)(F)F)c1)N1CCCNCC1. The quantitative estimate of drug-likeness (QED) is 0.808. The highest BCUT2D eigenvalue weighted by atomic mass is 32.2. The summed E-state index contributed by atoms with van der Waals surface area (Å²) in [7, 11) is -4.46. The van der Waals surface area contributed by atoms with Gasteiger partial charge in [-0.2, -0.15) is 30.6 Å². The van der Waals surface area contributed by atoms with E-state index in [4.69, 9.17) is 0 Å². The van der Waals surface area contributed by atoms with E-state index in [0.29, 0.717) is 13.0 Å². The number of hydrogen-bond donors (Lipinski definition) is 1. The molecule has 0 aliphatic carbocycles. The fourth-order valence-electron chi connectivity index (χ4n) is 2.29. The Bertz CT molecular complexity index is 659. The Morgan fingerprint density at radius 2 is 1.42 bits per heavy atom. The molecule has 2 rings (SSSR count). The highest BCUT2D eigenvalue weighted by Gasteiger charge is 2.39. The van der Waals surface area contributed by atoms with Gasteiger partial charge in [0.1, 0.15) is 0 Å². The average molecular weight is 376 g/mol. The zero-order valence-corrected chi connectivity index (χ0v) is 13.0. The molecule has 0 spiro atoms. The molecule has 1 aromatic carbocycles. The third kappa shape index (κ3) is 4.19. The zero-order chi connectivity index (χ0) is 18.2. The molecule has 1 fully saturated rings. The topological polar surface area (TPSA) is 49.4 Å². The molecular formula is C13H14F6N2O2S. The summed E-state index contributed by atoms with van der Waals surface area (Å²) in [5.74, 6) is 0. The van der Waals surface area contributed by atoms with Crippen molar-refractivity contribution < 1.29 is 34.8 Å². The van der Waals surface area contributed by atoms with Crippen LogP contribution < -0.4 is 5.32 Å². The molecule has 0 saturated carbocycles. The third-order valence-electron chi connectivity index (χ3n) is 3.50. The Morgan fingerprint density at radius 3 is 1.92 bits per heavy atom. The minimum atomic E-state index is -5.09. The Labute approximate surface area is 134 Å². The highest BCUT2D eigenvalue weighted by Crippen LogP contribution is 2.37. The van der Waals surface area contributed by atoms with Crippen molar-refractivity contribution in [2.75, 3.05) is 26.2 Å². The fraction of sp³-hybridized carbons (Fsp3) is 0.538. The Hall–Kier alpha value is -1.33. The lowest BCUT2D eigenvalue weighted by Gasteiger charge is -2.21. The number of nitrogens with one attached hydrogen (secondary N) is 1. The first-order chi connectivity index (χ1) is 10.9. The summed E-state index contributed by atoms with van der Waals surface area (Å²) in [5.41, 5.74) is -3.30. The van der Waals surface area contributed by atoms with Crippen molar-refractivity contribution in [2.45, 2.75) is 23.7 Å². The number of rotatable bonds is 2. The summed E-state index contributed by atoms with van der Waals surface area (Å²) in [6.07, 6.45) is -9.78. The van der Waals surface area contributed by atoms with Gasteiger partial charge >= 0.3 is 12.4 Å². The lowest BCUT2D eigenvalue weighted by atomic mass is 10.1. The number of nitrogens with zero attached hydrogens (tertiary/aromatic N) is 1. The van der Waals surface area contributed by atoms with E-state index in [-0.39, 0.29) is 37.8 Å².